The molecule has 0 atom stereocenters. The van der Waals surface area contributed by atoms with Crippen LogP contribution in [0.3, 0.4) is 0 Å². The molecule has 4 nitrogen and oxygen atoms in total. The summed E-state index contributed by atoms with van der Waals surface area (Å²) >= 11 is 11.8. The second kappa shape index (κ2) is 6.60. The molecule has 2 aromatic carbocycles. The summed E-state index contributed by atoms with van der Waals surface area (Å²) in [5.74, 6) is -1.04. The second-order valence-electron chi connectivity index (χ2n) is 5.29. The number of hydrogen-bond acceptors (Lipinski definition) is 2. The average Bonchev–Trinajstić information content (AvgIpc) is 2.53. The molecule has 0 bridgehead atoms. The highest BCUT2D eigenvalue weighted by atomic mass is 35.5. The Bertz CT molecular complexity index is 747. The van der Waals surface area contributed by atoms with E-state index in [0.717, 1.165) is 5.56 Å². The maximum atomic E-state index is 12.4. The van der Waals surface area contributed by atoms with Gasteiger partial charge >= 0.3 is 11.8 Å². The molecular weight excluding hydrogens is 335 g/mol. The zero-order chi connectivity index (χ0) is 16.4. The third-order valence-electron chi connectivity index (χ3n) is 3.71. The molecule has 0 N–H and O–H groups in total. The first kappa shape index (κ1) is 15.8. The van der Waals surface area contributed by atoms with E-state index in [-0.39, 0.29) is 0 Å². The van der Waals surface area contributed by atoms with Gasteiger partial charge in [0.1, 0.15) is 0 Å². The van der Waals surface area contributed by atoms with Gasteiger partial charge in [-0.15, -0.1) is 0 Å². The highest BCUT2D eigenvalue weighted by molar-refractivity contribution is 6.41. The predicted molar refractivity (Wildman–Crippen MR) is 90.7 cm³/mol. The number of carbonyl (C=O) groups is 2. The fourth-order valence-corrected chi connectivity index (χ4v) is 2.89. The number of halogens is 2. The number of anilines is 1. The molecular formula is C17H14Cl2N2O2. The minimum atomic E-state index is -0.527. The van der Waals surface area contributed by atoms with E-state index in [2.05, 4.69) is 0 Å². The van der Waals surface area contributed by atoms with Crippen LogP contribution in [0.15, 0.2) is 48.5 Å². The van der Waals surface area contributed by atoms with E-state index in [1.54, 1.807) is 41.3 Å². The molecule has 6 heteroatoms. The molecule has 1 aliphatic rings. The van der Waals surface area contributed by atoms with Gasteiger partial charge in [0.05, 0.1) is 0 Å². The normalized spacial score (nSPS) is 15.2. The molecule has 0 aliphatic carbocycles. The first-order valence-electron chi connectivity index (χ1n) is 7.15. The summed E-state index contributed by atoms with van der Waals surface area (Å²) in [7, 11) is 0. The Morgan fingerprint density at radius 1 is 0.870 bits per heavy atom. The van der Waals surface area contributed by atoms with Crippen molar-refractivity contribution in [3.05, 3.63) is 64.1 Å². The molecule has 1 aliphatic heterocycles. The van der Waals surface area contributed by atoms with Crippen LogP contribution in [-0.2, 0) is 16.1 Å². The van der Waals surface area contributed by atoms with E-state index < -0.39 is 11.8 Å². The van der Waals surface area contributed by atoms with E-state index in [1.807, 2.05) is 12.1 Å². The smallest absolute Gasteiger partial charge is 0.316 e. The number of carbonyl (C=O) groups excluding carboxylic acids is 2. The van der Waals surface area contributed by atoms with Gasteiger partial charge in [-0.2, -0.15) is 0 Å². The van der Waals surface area contributed by atoms with Crippen molar-refractivity contribution in [3.8, 4) is 0 Å². The summed E-state index contributed by atoms with van der Waals surface area (Å²) in [5.41, 5.74) is 1.58. The topological polar surface area (TPSA) is 40.6 Å². The number of rotatable bonds is 3. The summed E-state index contributed by atoms with van der Waals surface area (Å²) in [5, 5.41) is 1.20. The Morgan fingerprint density at radius 2 is 1.61 bits per heavy atom. The van der Waals surface area contributed by atoms with Crippen LogP contribution < -0.4 is 4.90 Å². The number of amides is 2. The van der Waals surface area contributed by atoms with Gasteiger partial charge in [0.15, 0.2) is 0 Å². The Kier molecular flexibility index (Phi) is 4.55. The van der Waals surface area contributed by atoms with Crippen LogP contribution in [0.4, 0.5) is 5.69 Å². The van der Waals surface area contributed by atoms with Gasteiger partial charge in [-0.05, 0) is 42.0 Å². The SMILES string of the molecule is O=C1C(=O)N(c2ccc(Cl)cc2)CCN1Cc1cccc(Cl)c1. The quantitative estimate of drug-likeness (QED) is 0.798. The molecule has 2 amide bonds. The van der Waals surface area contributed by atoms with Crippen molar-refractivity contribution in [2.24, 2.45) is 0 Å². The fraction of sp³-hybridized carbons (Fsp3) is 0.176. The van der Waals surface area contributed by atoms with E-state index in [9.17, 15) is 9.59 Å². The molecule has 0 spiro atoms. The Labute approximate surface area is 144 Å². The number of piperazine rings is 1. The van der Waals surface area contributed by atoms with E-state index >= 15 is 0 Å². The summed E-state index contributed by atoms with van der Waals surface area (Å²) < 4.78 is 0. The lowest BCUT2D eigenvalue weighted by Gasteiger charge is -2.33. The van der Waals surface area contributed by atoms with Crippen LogP contribution in [0, 0.1) is 0 Å². The lowest BCUT2D eigenvalue weighted by molar-refractivity contribution is -0.146. The Balaban J connectivity index is 1.73. The van der Waals surface area contributed by atoms with Gasteiger partial charge in [-0.3, -0.25) is 9.59 Å². The molecule has 23 heavy (non-hydrogen) atoms. The van der Waals surface area contributed by atoms with Crippen molar-refractivity contribution in [2.75, 3.05) is 18.0 Å². The third-order valence-corrected chi connectivity index (χ3v) is 4.20. The van der Waals surface area contributed by atoms with Crippen molar-refractivity contribution in [3.63, 3.8) is 0 Å². The van der Waals surface area contributed by atoms with E-state index in [0.29, 0.717) is 35.4 Å². The molecule has 0 saturated carbocycles. The minimum Gasteiger partial charge on any atom is -0.328 e. The summed E-state index contributed by atoms with van der Waals surface area (Å²) in [6.45, 7) is 1.30. The lowest BCUT2D eigenvalue weighted by atomic mass is 10.1. The first-order valence-corrected chi connectivity index (χ1v) is 7.91. The molecule has 0 unspecified atom stereocenters. The highest BCUT2D eigenvalue weighted by Gasteiger charge is 2.33. The molecule has 0 radical (unpaired) electrons. The van der Waals surface area contributed by atoms with Crippen LogP contribution in [0.1, 0.15) is 5.56 Å². The molecule has 1 fully saturated rings. The zero-order valence-electron chi connectivity index (χ0n) is 12.2. The van der Waals surface area contributed by atoms with Crippen molar-refractivity contribution < 1.29 is 9.59 Å². The van der Waals surface area contributed by atoms with Crippen molar-refractivity contribution in [1.29, 1.82) is 0 Å². The van der Waals surface area contributed by atoms with Gasteiger partial charge < -0.3 is 9.80 Å². The van der Waals surface area contributed by atoms with E-state index in [4.69, 9.17) is 23.2 Å². The van der Waals surface area contributed by atoms with Gasteiger partial charge in [0, 0.05) is 35.4 Å². The Hall–Kier alpha value is -2.04. The second-order valence-corrected chi connectivity index (χ2v) is 6.16. The largest absolute Gasteiger partial charge is 0.328 e. The molecule has 1 heterocycles. The van der Waals surface area contributed by atoms with E-state index in [1.165, 1.54) is 4.90 Å². The number of nitrogens with zero attached hydrogens (tertiary/aromatic N) is 2. The maximum Gasteiger partial charge on any atom is 0.316 e. The summed E-state index contributed by atoms with van der Waals surface area (Å²) in [6, 6.07) is 14.2. The van der Waals surface area contributed by atoms with Crippen molar-refractivity contribution >= 4 is 40.7 Å². The van der Waals surface area contributed by atoms with Crippen LogP contribution in [-0.4, -0.2) is 29.8 Å². The first-order chi connectivity index (χ1) is 11.0. The lowest BCUT2D eigenvalue weighted by Crippen LogP contribution is -2.54. The Morgan fingerprint density at radius 3 is 2.30 bits per heavy atom. The minimum absolute atomic E-state index is 0.375. The average molecular weight is 349 g/mol. The van der Waals surface area contributed by atoms with Gasteiger partial charge in [0.2, 0.25) is 0 Å². The number of benzene rings is 2. The maximum absolute atomic E-state index is 12.4. The standard InChI is InChI=1S/C17H14Cl2N2O2/c18-13-4-6-15(7-5-13)21-9-8-20(16(22)17(21)23)11-12-2-1-3-14(19)10-12/h1-7,10H,8-9,11H2. The van der Waals surface area contributed by atoms with Gasteiger partial charge in [0.25, 0.3) is 0 Å². The fourth-order valence-electron chi connectivity index (χ4n) is 2.55. The molecule has 0 aromatic heterocycles. The molecule has 118 valence electrons. The zero-order valence-corrected chi connectivity index (χ0v) is 13.7. The van der Waals surface area contributed by atoms with Crippen LogP contribution in [0.5, 0.6) is 0 Å². The van der Waals surface area contributed by atoms with Crippen molar-refractivity contribution in [2.45, 2.75) is 6.54 Å². The molecule has 1 saturated heterocycles. The summed E-state index contributed by atoms with van der Waals surface area (Å²) in [6.07, 6.45) is 0. The van der Waals surface area contributed by atoms with Crippen molar-refractivity contribution in [1.82, 2.24) is 4.90 Å². The summed E-state index contributed by atoms with van der Waals surface area (Å²) in [4.78, 5) is 27.7. The van der Waals surface area contributed by atoms with Gasteiger partial charge in [-0.25, -0.2) is 0 Å². The van der Waals surface area contributed by atoms with Crippen LogP contribution in [0.2, 0.25) is 10.0 Å². The van der Waals surface area contributed by atoms with Gasteiger partial charge in [-0.1, -0.05) is 35.3 Å². The number of hydrogen-bond donors (Lipinski definition) is 0. The molecule has 2 aromatic rings. The predicted octanol–water partition coefficient (Wildman–Crippen LogP) is 3.37. The highest BCUT2D eigenvalue weighted by Crippen LogP contribution is 2.21. The van der Waals surface area contributed by atoms with Crippen LogP contribution >= 0.6 is 23.2 Å². The third kappa shape index (κ3) is 3.49. The van der Waals surface area contributed by atoms with Crippen LogP contribution in [0.25, 0.3) is 0 Å². The molecule has 3 rings (SSSR count). The monoisotopic (exact) mass is 348 g/mol.